The molecule has 0 fully saturated rings. The van der Waals surface area contributed by atoms with Crippen molar-refractivity contribution in [3.8, 4) is 0 Å². The molecule has 8 heteroatoms. The van der Waals surface area contributed by atoms with Crippen LogP contribution in [0.25, 0.3) is 0 Å². The highest BCUT2D eigenvalue weighted by atomic mass is 79.9. The molecule has 0 aromatic carbocycles. The third kappa shape index (κ3) is 5.64. The van der Waals surface area contributed by atoms with Gasteiger partial charge in [0.05, 0.1) is 0 Å². The van der Waals surface area contributed by atoms with Crippen molar-refractivity contribution in [1.29, 1.82) is 0 Å². The van der Waals surface area contributed by atoms with E-state index in [1.54, 1.807) is 0 Å². The molecule has 21 heavy (non-hydrogen) atoms. The Morgan fingerprint density at radius 3 is 2.24 bits per heavy atom. The van der Waals surface area contributed by atoms with E-state index in [-0.39, 0.29) is 20.7 Å². The van der Waals surface area contributed by atoms with Crippen molar-refractivity contribution >= 4 is 41.6 Å². The molecule has 0 saturated heterocycles. The lowest BCUT2D eigenvalue weighted by molar-refractivity contribution is 0.0861. The third-order valence-corrected chi connectivity index (χ3v) is 4.74. The van der Waals surface area contributed by atoms with Crippen LogP contribution in [0.2, 0.25) is 0 Å². The summed E-state index contributed by atoms with van der Waals surface area (Å²) in [6, 6.07) is 1.11. The predicted molar refractivity (Wildman–Crippen MR) is 85.1 cm³/mol. The van der Waals surface area contributed by atoms with Crippen LogP contribution in [0.3, 0.4) is 0 Å². The Kier molecular flexibility index (Phi) is 5.23. The number of rotatable bonds is 4. The van der Waals surface area contributed by atoms with Gasteiger partial charge < -0.3 is 9.73 Å². The molecule has 1 N–H and O–H groups in total. The minimum Gasteiger partial charge on any atom is -0.443 e. The van der Waals surface area contributed by atoms with Gasteiger partial charge in [0.2, 0.25) is 0 Å². The van der Waals surface area contributed by atoms with Crippen molar-refractivity contribution in [3.05, 3.63) is 16.5 Å². The minimum absolute atomic E-state index is 0.0329. The standard InChI is InChI=1S/C13H19BrClNO4S/c1-12(2,3)7-13(4,5)16-11(17)8-6-9(10(14)20-8)21(15,18)19/h6H,7H2,1-5H3,(H,16,17). The van der Waals surface area contributed by atoms with Crippen LogP contribution in [0, 0.1) is 5.41 Å². The van der Waals surface area contributed by atoms with E-state index in [9.17, 15) is 13.2 Å². The number of nitrogens with one attached hydrogen (secondary N) is 1. The van der Waals surface area contributed by atoms with E-state index >= 15 is 0 Å². The van der Waals surface area contributed by atoms with E-state index < -0.39 is 20.5 Å². The van der Waals surface area contributed by atoms with Crippen LogP contribution in [0.5, 0.6) is 0 Å². The van der Waals surface area contributed by atoms with E-state index in [2.05, 4.69) is 42.0 Å². The molecule has 0 saturated carbocycles. The second-order valence-corrected chi connectivity index (χ2v) is 10.0. The topological polar surface area (TPSA) is 76.4 Å². The Morgan fingerprint density at radius 2 is 1.86 bits per heavy atom. The predicted octanol–water partition coefficient (Wildman–Crippen LogP) is 3.91. The van der Waals surface area contributed by atoms with Crippen molar-refractivity contribution in [2.45, 2.75) is 51.5 Å². The summed E-state index contributed by atoms with van der Waals surface area (Å²) in [6.45, 7) is 10.0. The first kappa shape index (κ1) is 18.5. The number of hydrogen-bond acceptors (Lipinski definition) is 4. The maximum absolute atomic E-state index is 12.2. The zero-order chi connectivity index (χ0) is 16.6. The Labute approximate surface area is 138 Å². The summed E-state index contributed by atoms with van der Waals surface area (Å²) in [5, 5.41) is 2.83. The van der Waals surface area contributed by atoms with E-state index in [1.807, 2.05) is 13.8 Å². The first-order chi connectivity index (χ1) is 9.21. The number of halogens is 2. The zero-order valence-corrected chi connectivity index (χ0v) is 15.7. The lowest BCUT2D eigenvalue weighted by atomic mass is 9.82. The molecule has 0 atom stereocenters. The van der Waals surface area contributed by atoms with Gasteiger partial charge in [0.1, 0.15) is 4.90 Å². The van der Waals surface area contributed by atoms with Crippen LogP contribution in [-0.2, 0) is 9.05 Å². The maximum Gasteiger partial charge on any atom is 0.287 e. The average Bonchev–Trinajstić information content (AvgIpc) is 2.54. The molecule has 0 bridgehead atoms. The molecule has 1 heterocycles. The van der Waals surface area contributed by atoms with Gasteiger partial charge in [-0.2, -0.15) is 0 Å². The quantitative estimate of drug-likeness (QED) is 0.777. The number of furan rings is 1. The molecule has 0 aliphatic rings. The average molecular weight is 401 g/mol. The molecule has 120 valence electrons. The van der Waals surface area contributed by atoms with Gasteiger partial charge in [-0.1, -0.05) is 20.8 Å². The normalized spacial score (nSPS) is 13.3. The number of hydrogen-bond donors (Lipinski definition) is 1. The van der Waals surface area contributed by atoms with Crippen LogP contribution in [0.4, 0.5) is 0 Å². The highest BCUT2D eigenvalue weighted by Gasteiger charge is 2.30. The van der Waals surface area contributed by atoms with E-state index in [0.717, 1.165) is 12.5 Å². The Hall–Kier alpha value is -0.530. The number of carbonyl (C=O) groups is 1. The lowest BCUT2D eigenvalue weighted by Gasteiger charge is -2.33. The fourth-order valence-corrected chi connectivity index (χ4v) is 4.40. The van der Waals surface area contributed by atoms with Gasteiger partial charge in [-0.25, -0.2) is 8.42 Å². The minimum atomic E-state index is -3.97. The summed E-state index contributed by atoms with van der Waals surface area (Å²) in [7, 11) is 1.29. The van der Waals surface area contributed by atoms with Gasteiger partial charge in [-0.15, -0.1) is 0 Å². The Morgan fingerprint density at radius 1 is 1.33 bits per heavy atom. The van der Waals surface area contributed by atoms with Crippen molar-refractivity contribution in [2.75, 3.05) is 0 Å². The fourth-order valence-electron chi connectivity index (χ4n) is 2.37. The fraction of sp³-hybridized carbons (Fsp3) is 0.615. The Balaban J connectivity index is 2.96. The molecule has 0 aliphatic carbocycles. The third-order valence-electron chi connectivity index (χ3n) is 2.57. The van der Waals surface area contributed by atoms with Crippen molar-refractivity contribution < 1.29 is 17.6 Å². The number of carbonyl (C=O) groups excluding carboxylic acids is 1. The largest absolute Gasteiger partial charge is 0.443 e. The SMILES string of the molecule is CC(C)(C)CC(C)(C)NC(=O)c1cc(S(=O)(=O)Cl)c(Br)o1. The lowest BCUT2D eigenvalue weighted by Crippen LogP contribution is -2.45. The molecule has 0 aliphatic heterocycles. The molecular formula is C13H19BrClNO4S. The molecule has 0 unspecified atom stereocenters. The van der Waals surface area contributed by atoms with Gasteiger partial charge in [-0.05, 0) is 41.6 Å². The number of amides is 1. The monoisotopic (exact) mass is 399 g/mol. The highest BCUT2D eigenvalue weighted by Crippen LogP contribution is 2.30. The summed E-state index contributed by atoms with van der Waals surface area (Å²) in [5.41, 5.74) is -0.431. The van der Waals surface area contributed by atoms with Gasteiger partial charge >= 0.3 is 0 Å². The summed E-state index contributed by atoms with van der Waals surface area (Å²) in [6.07, 6.45) is 0.744. The maximum atomic E-state index is 12.2. The molecular weight excluding hydrogens is 382 g/mol. The van der Waals surface area contributed by atoms with Gasteiger partial charge in [0.15, 0.2) is 10.4 Å². The van der Waals surface area contributed by atoms with Gasteiger partial charge in [0, 0.05) is 22.3 Å². The summed E-state index contributed by atoms with van der Waals surface area (Å²) in [5.74, 6) is -0.598. The highest BCUT2D eigenvalue weighted by molar-refractivity contribution is 9.10. The second-order valence-electron chi connectivity index (χ2n) is 6.76. The van der Waals surface area contributed by atoms with E-state index in [0.29, 0.717) is 0 Å². The van der Waals surface area contributed by atoms with Crippen LogP contribution < -0.4 is 5.32 Å². The molecule has 5 nitrogen and oxygen atoms in total. The van der Waals surface area contributed by atoms with Crippen LogP contribution >= 0.6 is 26.6 Å². The molecule has 0 spiro atoms. The molecule has 1 aromatic heterocycles. The second kappa shape index (κ2) is 5.93. The smallest absolute Gasteiger partial charge is 0.287 e. The molecule has 1 amide bonds. The summed E-state index contributed by atoms with van der Waals surface area (Å²) < 4.78 is 27.6. The van der Waals surface area contributed by atoms with Crippen molar-refractivity contribution in [3.63, 3.8) is 0 Å². The van der Waals surface area contributed by atoms with E-state index in [1.165, 1.54) is 0 Å². The zero-order valence-electron chi connectivity index (χ0n) is 12.6. The molecule has 1 rings (SSSR count). The summed E-state index contributed by atoms with van der Waals surface area (Å²) >= 11 is 2.94. The van der Waals surface area contributed by atoms with Gasteiger partial charge in [-0.3, -0.25) is 4.79 Å². The Bertz CT molecular complexity index is 644. The molecule has 1 aromatic rings. The first-order valence-electron chi connectivity index (χ1n) is 6.28. The summed E-state index contributed by atoms with van der Waals surface area (Å²) in [4.78, 5) is 11.9. The van der Waals surface area contributed by atoms with Crippen LogP contribution in [0.1, 0.15) is 51.6 Å². The van der Waals surface area contributed by atoms with E-state index in [4.69, 9.17) is 15.1 Å². The van der Waals surface area contributed by atoms with Crippen molar-refractivity contribution in [1.82, 2.24) is 5.32 Å². The van der Waals surface area contributed by atoms with Gasteiger partial charge in [0.25, 0.3) is 15.0 Å². The van der Waals surface area contributed by atoms with Crippen molar-refractivity contribution in [2.24, 2.45) is 5.41 Å². The first-order valence-corrected chi connectivity index (χ1v) is 9.38. The molecule has 0 radical (unpaired) electrons. The van der Waals surface area contributed by atoms with Crippen LogP contribution in [0.15, 0.2) is 20.0 Å². The van der Waals surface area contributed by atoms with Crippen LogP contribution in [-0.4, -0.2) is 19.9 Å².